The van der Waals surface area contributed by atoms with Crippen LogP contribution in [0.3, 0.4) is 0 Å². The van der Waals surface area contributed by atoms with E-state index in [0.717, 1.165) is 11.0 Å². The SMILES string of the molecule is CC(C)(C)n1c(CO)nc2cc(N)ccc21. The molecule has 0 saturated carbocycles. The van der Waals surface area contributed by atoms with E-state index in [9.17, 15) is 5.11 Å². The number of nitrogens with zero attached hydrogens (tertiary/aromatic N) is 2. The van der Waals surface area contributed by atoms with Gasteiger partial charge in [-0.3, -0.25) is 0 Å². The molecule has 0 atom stereocenters. The average molecular weight is 219 g/mol. The number of imidazole rings is 1. The molecule has 0 fully saturated rings. The molecule has 2 aromatic rings. The lowest BCUT2D eigenvalue weighted by molar-refractivity contribution is 0.252. The molecule has 0 saturated heterocycles. The second kappa shape index (κ2) is 3.49. The standard InChI is InChI=1S/C12H17N3O/c1-12(2,3)15-10-5-4-8(13)6-9(10)14-11(15)7-16/h4-6,16H,7,13H2,1-3H3. The minimum atomic E-state index is -0.108. The van der Waals surface area contributed by atoms with Gasteiger partial charge in [0.15, 0.2) is 0 Å². The smallest absolute Gasteiger partial charge is 0.136 e. The van der Waals surface area contributed by atoms with Gasteiger partial charge in [-0.1, -0.05) is 0 Å². The quantitative estimate of drug-likeness (QED) is 0.720. The molecule has 4 nitrogen and oxygen atoms in total. The molecule has 0 radical (unpaired) electrons. The van der Waals surface area contributed by atoms with Crippen LogP contribution < -0.4 is 5.73 Å². The Labute approximate surface area is 94.7 Å². The number of hydrogen-bond donors (Lipinski definition) is 2. The van der Waals surface area contributed by atoms with E-state index in [1.165, 1.54) is 0 Å². The van der Waals surface area contributed by atoms with Crippen LogP contribution in [0.25, 0.3) is 11.0 Å². The minimum absolute atomic E-state index is 0.0636. The number of aromatic nitrogens is 2. The third-order valence-electron chi connectivity index (χ3n) is 2.56. The number of aliphatic hydroxyl groups is 1. The van der Waals surface area contributed by atoms with Crippen molar-refractivity contribution in [2.24, 2.45) is 0 Å². The van der Waals surface area contributed by atoms with Gasteiger partial charge in [0.2, 0.25) is 0 Å². The third kappa shape index (κ3) is 1.65. The van der Waals surface area contributed by atoms with Gasteiger partial charge in [0.25, 0.3) is 0 Å². The summed E-state index contributed by atoms with van der Waals surface area (Å²) in [6, 6.07) is 5.63. The summed E-state index contributed by atoms with van der Waals surface area (Å²) in [5.74, 6) is 0.674. The molecule has 0 aliphatic rings. The molecule has 0 amide bonds. The highest BCUT2D eigenvalue weighted by molar-refractivity contribution is 5.80. The van der Waals surface area contributed by atoms with Gasteiger partial charge in [0.1, 0.15) is 12.4 Å². The first-order chi connectivity index (χ1) is 7.43. The zero-order valence-electron chi connectivity index (χ0n) is 9.86. The van der Waals surface area contributed by atoms with Gasteiger partial charge in [-0.25, -0.2) is 4.98 Å². The van der Waals surface area contributed by atoms with E-state index in [0.29, 0.717) is 11.5 Å². The van der Waals surface area contributed by atoms with Crippen molar-refractivity contribution in [2.75, 3.05) is 5.73 Å². The summed E-state index contributed by atoms with van der Waals surface area (Å²) in [5, 5.41) is 9.34. The Bertz CT molecular complexity index is 523. The van der Waals surface area contributed by atoms with E-state index in [1.807, 2.05) is 22.8 Å². The Kier molecular flexibility index (Phi) is 2.39. The van der Waals surface area contributed by atoms with Crippen LogP contribution in [-0.4, -0.2) is 14.7 Å². The molecule has 3 N–H and O–H groups in total. The van der Waals surface area contributed by atoms with Crippen LogP contribution in [0.4, 0.5) is 5.69 Å². The fourth-order valence-corrected chi connectivity index (χ4v) is 2.00. The van der Waals surface area contributed by atoms with E-state index in [-0.39, 0.29) is 12.1 Å². The highest BCUT2D eigenvalue weighted by atomic mass is 16.3. The van der Waals surface area contributed by atoms with Crippen LogP contribution in [0.5, 0.6) is 0 Å². The average Bonchev–Trinajstić information content (AvgIpc) is 2.54. The fraction of sp³-hybridized carbons (Fsp3) is 0.417. The van der Waals surface area contributed by atoms with Crippen molar-refractivity contribution >= 4 is 16.7 Å². The summed E-state index contributed by atoms with van der Waals surface area (Å²) < 4.78 is 2.04. The molecule has 16 heavy (non-hydrogen) atoms. The van der Waals surface area contributed by atoms with Gasteiger partial charge in [0.05, 0.1) is 11.0 Å². The van der Waals surface area contributed by atoms with Crippen molar-refractivity contribution in [2.45, 2.75) is 32.9 Å². The van der Waals surface area contributed by atoms with Crippen LogP contribution in [0.1, 0.15) is 26.6 Å². The second-order valence-electron chi connectivity index (χ2n) is 4.94. The predicted molar refractivity (Wildman–Crippen MR) is 65.1 cm³/mol. The summed E-state index contributed by atoms with van der Waals surface area (Å²) in [6.45, 7) is 6.20. The van der Waals surface area contributed by atoms with Crippen LogP contribution >= 0.6 is 0 Å². The highest BCUT2D eigenvalue weighted by Crippen LogP contribution is 2.26. The summed E-state index contributed by atoms with van der Waals surface area (Å²) >= 11 is 0. The number of nitrogens with two attached hydrogens (primary N) is 1. The first-order valence-corrected chi connectivity index (χ1v) is 5.31. The molecule has 0 spiro atoms. The van der Waals surface area contributed by atoms with E-state index in [4.69, 9.17) is 5.73 Å². The first-order valence-electron chi connectivity index (χ1n) is 5.31. The molecular formula is C12H17N3O. The van der Waals surface area contributed by atoms with Crippen molar-refractivity contribution in [3.63, 3.8) is 0 Å². The summed E-state index contributed by atoms with van der Waals surface area (Å²) in [5.41, 5.74) is 8.14. The number of fused-ring (bicyclic) bond motifs is 1. The molecule has 1 aromatic heterocycles. The first kappa shape index (κ1) is 11.0. The monoisotopic (exact) mass is 219 g/mol. The van der Waals surface area contributed by atoms with Crippen molar-refractivity contribution in [1.82, 2.24) is 9.55 Å². The largest absolute Gasteiger partial charge is 0.399 e. The predicted octanol–water partition coefficient (Wildman–Crippen LogP) is 1.87. The van der Waals surface area contributed by atoms with Gasteiger partial charge in [-0.2, -0.15) is 0 Å². The molecule has 0 aliphatic heterocycles. The maximum absolute atomic E-state index is 9.34. The van der Waals surface area contributed by atoms with Crippen LogP contribution in [-0.2, 0) is 12.1 Å². The van der Waals surface area contributed by atoms with E-state index >= 15 is 0 Å². The number of anilines is 1. The van der Waals surface area contributed by atoms with Crippen molar-refractivity contribution in [3.05, 3.63) is 24.0 Å². The van der Waals surface area contributed by atoms with Gasteiger partial charge in [-0.05, 0) is 39.0 Å². The topological polar surface area (TPSA) is 64.1 Å². The molecule has 4 heteroatoms. The third-order valence-corrected chi connectivity index (χ3v) is 2.56. The Hall–Kier alpha value is -1.55. The van der Waals surface area contributed by atoms with E-state index < -0.39 is 0 Å². The lowest BCUT2D eigenvalue weighted by Gasteiger charge is -2.24. The molecule has 1 aromatic carbocycles. The second-order valence-corrected chi connectivity index (χ2v) is 4.94. The van der Waals surface area contributed by atoms with Crippen molar-refractivity contribution in [1.29, 1.82) is 0 Å². The summed E-state index contributed by atoms with van der Waals surface area (Å²) in [6.07, 6.45) is 0. The molecule has 2 rings (SSSR count). The zero-order chi connectivity index (χ0) is 11.9. The van der Waals surface area contributed by atoms with Crippen LogP contribution in [0, 0.1) is 0 Å². The van der Waals surface area contributed by atoms with Crippen LogP contribution in [0.15, 0.2) is 18.2 Å². The Morgan fingerprint density at radius 3 is 2.62 bits per heavy atom. The number of nitrogen functional groups attached to an aromatic ring is 1. The number of rotatable bonds is 1. The van der Waals surface area contributed by atoms with Gasteiger partial charge in [0, 0.05) is 11.2 Å². The maximum atomic E-state index is 9.34. The minimum Gasteiger partial charge on any atom is -0.399 e. The van der Waals surface area contributed by atoms with E-state index in [1.54, 1.807) is 0 Å². The Balaban J connectivity index is 2.79. The normalized spacial score (nSPS) is 12.2. The highest BCUT2D eigenvalue weighted by Gasteiger charge is 2.20. The summed E-state index contributed by atoms with van der Waals surface area (Å²) in [7, 11) is 0. The van der Waals surface area contributed by atoms with E-state index in [2.05, 4.69) is 25.8 Å². The van der Waals surface area contributed by atoms with Crippen molar-refractivity contribution in [3.8, 4) is 0 Å². The zero-order valence-corrected chi connectivity index (χ0v) is 9.86. The number of hydrogen-bond acceptors (Lipinski definition) is 3. The van der Waals surface area contributed by atoms with Crippen LogP contribution in [0.2, 0.25) is 0 Å². The lowest BCUT2D eigenvalue weighted by Crippen LogP contribution is -2.24. The lowest BCUT2D eigenvalue weighted by atomic mass is 10.1. The fourth-order valence-electron chi connectivity index (χ4n) is 2.00. The Morgan fingerprint density at radius 2 is 2.06 bits per heavy atom. The maximum Gasteiger partial charge on any atom is 0.136 e. The van der Waals surface area contributed by atoms with Gasteiger partial charge >= 0.3 is 0 Å². The molecule has 0 unspecified atom stereocenters. The number of benzene rings is 1. The number of aliphatic hydroxyl groups excluding tert-OH is 1. The molecule has 0 aliphatic carbocycles. The summed E-state index contributed by atoms with van der Waals surface area (Å²) in [4.78, 5) is 4.39. The molecule has 1 heterocycles. The van der Waals surface area contributed by atoms with Gasteiger partial charge in [-0.15, -0.1) is 0 Å². The molecular weight excluding hydrogens is 202 g/mol. The van der Waals surface area contributed by atoms with Gasteiger partial charge < -0.3 is 15.4 Å². The Morgan fingerprint density at radius 1 is 1.38 bits per heavy atom. The molecule has 86 valence electrons. The molecule has 0 bridgehead atoms. The van der Waals surface area contributed by atoms with Crippen molar-refractivity contribution < 1.29 is 5.11 Å².